The molecule has 0 aromatic heterocycles. The zero-order chi connectivity index (χ0) is 17.9. The molecule has 0 spiro atoms. The van der Waals surface area contributed by atoms with Gasteiger partial charge in [-0.25, -0.2) is 0 Å². The molecule has 5 heteroatoms. The molecule has 0 saturated carbocycles. The third-order valence-electron chi connectivity index (χ3n) is 3.76. The van der Waals surface area contributed by atoms with E-state index in [-0.39, 0.29) is 5.91 Å². The Bertz CT molecular complexity index is 698. The molecular weight excluding hydrogens is 312 g/mol. The minimum atomic E-state index is -0.0578. The van der Waals surface area contributed by atoms with Gasteiger partial charge in [0.05, 0.1) is 0 Å². The van der Waals surface area contributed by atoms with E-state index < -0.39 is 0 Å². The van der Waals surface area contributed by atoms with Gasteiger partial charge in [0.15, 0.2) is 5.96 Å². The summed E-state index contributed by atoms with van der Waals surface area (Å²) in [4.78, 5) is 16.2. The van der Waals surface area contributed by atoms with E-state index in [0.717, 1.165) is 24.5 Å². The van der Waals surface area contributed by atoms with Crippen molar-refractivity contribution in [2.45, 2.75) is 13.3 Å². The van der Waals surface area contributed by atoms with Gasteiger partial charge < -0.3 is 16.0 Å². The normalized spacial score (nSPS) is 11.0. The number of benzene rings is 2. The quantitative estimate of drug-likeness (QED) is 0.412. The highest BCUT2D eigenvalue weighted by molar-refractivity contribution is 5.94. The van der Waals surface area contributed by atoms with E-state index in [9.17, 15) is 4.79 Å². The number of carbonyl (C=O) groups excluding carboxylic acids is 1. The van der Waals surface area contributed by atoms with Gasteiger partial charge >= 0.3 is 0 Å². The third kappa shape index (κ3) is 6.67. The number of nitrogens with zero attached hydrogens (tertiary/aromatic N) is 1. The number of aryl methyl sites for hydroxylation is 1. The van der Waals surface area contributed by atoms with Crippen LogP contribution in [-0.2, 0) is 6.42 Å². The zero-order valence-electron chi connectivity index (χ0n) is 14.9. The van der Waals surface area contributed by atoms with Gasteiger partial charge in [0.2, 0.25) is 0 Å². The van der Waals surface area contributed by atoms with Crippen LogP contribution < -0.4 is 16.0 Å². The number of aliphatic imine (C=N–C) groups is 1. The van der Waals surface area contributed by atoms with Crippen molar-refractivity contribution < 1.29 is 4.79 Å². The van der Waals surface area contributed by atoms with Gasteiger partial charge in [0.25, 0.3) is 5.91 Å². The molecule has 0 saturated heterocycles. The van der Waals surface area contributed by atoms with Gasteiger partial charge in [-0.3, -0.25) is 9.79 Å². The second-order valence-corrected chi connectivity index (χ2v) is 5.79. The summed E-state index contributed by atoms with van der Waals surface area (Å²) in [6, 6.07) is 17.9. The fourth-order valence-electron chi connectivity index (χ4n) is 2.44. The second-order valence-electron chi connectivity index (χ2n) is 5.79. The lowest BCUT2D eigenvalue weighted by Gasteiger charge is -2.12. The standard InChI is InChI=1S/C20H26N4O/c1-16-7-6-10-18(15-16)19(25)22-13-14-24-20(21-2)23-12-11-17-8-4-3-5-9-17/h3-10,15H,11-14H2,1-2H3,(H,22,25)(H2,21,23,24). The van der Waals surface area contributed by atoms with Crippen LogP contribution >= 0.6 is 0 Å². The van der Waals surface area contributed by atoms with Crippen LogP contribution in [0.3, 0.4) is 0 Å². The predicted molar refractivity (Wildman–Crippen MR) is 103 cm³/mol. The van der Waals surface area contributed by atoms with Crippen LogP contribution in [0.15, 0.2) is 59.6 Å². The summed E-state index contributed by atoms with van der Waals surface area (Å²) in [5.74, 6) is 0.679. The number of hydrogen-bond acceptors (Lipinski definition) is 2. The maximum absolute atomic E-state index is 12.1. The molecule has 0 aliphatic rings. The van der Waals surface area contributed by atoms with Gasteiger partial charge in [-0.15, -0.1) is 0 Å². The number of carbonyl (C=O) groups is 1. The van der Waals surface area contributed by atoms with E-state index in [2.05, 4.69) is 33.1 Å². The Morgan fingerprint density at radius 3 is 2.36 bits per heavy atom. The molecule has 0 atom stereocenters. The molecule has 2 rings (SSSR count). The average Bonchev–Trinajstić information content (AvgIpc) is 2.64. The van der Waals surface area contributed by atoms with Crippen molar-refractivity contribution >= 4 is 11.9 Å². The minimum Gasteiger partial charge on any atom is -0.356 e. The molecule has 3 N–H and O–H groups in total. The van der Waals surface area contributed by atoms with Crippen LogP contribution in [0.1, 0.15) is 21.5 Å². The van der Waals surface area contributed by atoms with Crippen LogP contribution in [-0.4, -0.2) is 38.5 Å². The van der Waals surface area contributed by atoms with Crippen molar-refractivity contribution in [3.8, 4) is 0 Å². The van der Waals surface area contributed by atoms with E-state index >= 15 is 0 Å². The smallest absolute Gasteiger partial charge is 0.251 e. The summed E-state index contributed by atoms with van der Waals surface area (Å²) < 4.78 is 0. The molecule has 0 unspecified atom stereocenters. The molecule has 132 valence electrons. The summed E-state index contributed by atoms with van der Waals surface area (Å²) in [5, 5.41) is 9.37. The van der Waals surface area contributed by atoms with Crippen molar-refractivity contribution in [2.75, 3.05) is 26.7 Å². The van der Waals surface area contributed by atoms with Gasteiger partial charge in [0, 0.05) is 32.2 Å². The number of rotatable bonds is 7. The molecule has 5 nitrogen and oxygen atoms in total. The zero-order valence-corrected chi connectivity index (χ0v) is 14.9. The monoisotopic (exact) mass is 338 g/mol. The lowest BCUT2D eigenvalue weighted by Crippen LogP contribution is -2.42. The van der Waals surface area contributed by atoms with Crippen molar-refractivity contribution in [2.24, 2.45) is 4.99 Å². The molecule has 0 aliphatic carbocycles. The highest BCUT2D eigenvalue weighted by Gasteiger charge is 2.04. The predicted octanol–water partition coefficient (Wildman–Crippen LogP) is 2.13. The second kappa shape index (κ2) is 10.1. The molecule has 0 radical (unpaired) electrons. The Hall–Kier alpha value is -2.82. The highest BCUT2D eigenvalue weighted by Crippen LogP contribution is 2.03. The molecule has 0 aliphatic heterocycles. The SMILES string of the molecule is CN=C(NCCNC(=O)c1cccc(C)c1)NCCc1ccccc1. The van der Waals surface area contributed by atoms with E-state index in [0.29, 0.717) is 18.7 Å². The Morgan fingerprint density at radius 1 is 0.920 bits per heavy atom. The molecule has 25 heavy (non-hydrogen) atoms. The minimum absolute atomic E-state index is 0.0578. The summed E-state index contributed by atoms with van der Waals surface area (Å²) in [5.41, 5.74) is 3.05. The Labute approximate surface area is 149 Å². The summed E-state index contributed by atoms with van der Waals surface area (Å²) in [6.45, 7) is 3.93. The lowest BCUT2D eigenvalue weighted by molar-refractivity contribution is 0.0954. The molecule has 0 bridgehead atoms. The number of amides is 1. The van der Waals surface area contributed by atoms with Crippen molar-refractivity contribution in [1.82, 2.24) is 16.0 Å². The van der Waals surface area contributed by atoms with Gasteiger partial charge in [-0.2, -0.15) is 0 Å². The molecule has 2 aromatic carbocycles. The number of nitrogens with one attached hydrogen (secondary N) is 3. The Morgan fingerprint density at radius 2 is 1.64 bits per heavy atom. The van der Waals surface area contributed by atoms with E-state index in [4.69, 9.17) is 0 Å². The molecule has 0 heterocycles. The van der Waals surface area contributed by atoms with E-state index in [1.807, 2.05) is 49.4 Å². The molecular formula is C20H26N4O. The fraction of sp³-hybridized carbons (Fsp3) is 0.300. The van der Waals surface area contributed by atoms with E-state index in [1.165, 1.54) is 5.56 Å². The van der Waals surface area contributed by atoms with Gasteiger partial charge in [-0.05, 0) is 31.0 Å². The first-order chi connectivity index (χ1) is 12.2. The summed E-state index contributed by atoms with van der Waals surface area (Å²) >= 11 is 0. The Balaban J connectivity index is 1.64. The highest BCUT2D eigenvalue weighted by atomic mass is 16.1. The first-order valence-corrected chi connectivity index (χ1v) is 8.52. The van der Waals surface area contributed by atoms with Crippen molar-refractivity contribution in [3.05, 3.63) is 71.3 Å². The van der Waals surface area contributed by atoms with Gasteiger partial charge in [0.1, 0.15) is 0 Å². The van der Waals surface area contributed by atoms with Crippen LogP contribution in [0.4, 0.5) is 0 Å². The first kappa shape index (κ1) is 18.5. The van der Waals surface area contributed by atoms with Gasteiger partial charge in [-0.1, -0.05) is 48.0 Å². The Kier molecular flexibility index (Phi) is 7.50. The van der Waals surface area contributed by atoms with Crippen molar-refractivity contribution in [1.29, 1.82) is 0 Å². The van der Waals surface area contributed by atoms with Crippen LogP contribution in [0.2, 0.25) is 0 Å². The van der Waals surface area contributed by atoms with Crippen LogP contribution in [0.25, 0.3) is 0 Å². The summed E-state index contributed by atoms with van der Waals surface area (Å²) in [7, 11) is 1.74. The molecule has 0 fully saturated rings. The fourth-order valence-corrected chi connectivity index (χ4v) is 2.44. The van der Waals surface area contributed by atoms with E-state index in [1.54, 1.807) is 7.05 Å². The largest absolute Gasteiger partial charge is 0.356 e. The molecule has 2 aromatic rings. The number of guanidine groups is 1. The number of hydrogen-bond donors (Lipinski definition) is 3. The van der Waals surface area contributed by atoms with Crippen LogP contribution in [0, 0.1) is 6.92 Å². The maximum Gasteiger partial charge on any atom is 0.251 e. The lowest BCUT2D eigenvalue weighted by atomic mass is 10.1. The third-order valence-corrected chi connectivity index (χ3v) is 3.76. The topological polar surface area (TPSA) is 65.5 Å². The van der Waals surface area contributed by atoms with Crippen molar-refractivity contribution in [3.63, 3.8) is 0 Å². The average molecular weight is 338 g/mol. The maximum atomic E-state index is 12.1. The molecule has 1 amide bonds. The van der Waals surface area contributed by atoms with Crippen LogP contribution in [0.5, 0.6) is 0 Å². The summed E-state index contributed by atoms with van der Waals surface area (Å²) in [6.07, 6.45) is 0.936. The first-order valence-electron chi connectivity index (χ1n) is 8.52.